The Morgan fingerprint density at radius 3 is 2.70 bits per heavy atom. The van der Waals surface area contributed by atoms with Gasteiger partial charge in [0.2, 0.25) is 0 Å². The summed E-state index contributed by atoms with van der Waals surface area (Å²) in [5.74, 6) is 1.77. The van der Waals surface area contributed by atoms with Gasteiger partial charge in [-0.15, -0.1) is 0 Å². The van der Waals surface area contributed by atoms with Crippen molar-refractivity contribution in [1.82, 2.24) is 9.80 Å². The van der Waals surface area contributed by atoms with Gasteiger partial charge in [-0.2, -0.15) is 0 Å². The molecule has 2 heterocycles. The van der Waals surface area contributed by atoms with Crippen molar-refractivity contribution in [2.75, 3.05) is 32.6 Å². The van der Waals surface area contributed by atoms with Crippen LogP contribution in [0.2, 0.25) is 0 Å². The van der Waals surface area contributed by atoms with E-state index in [9.17, 15) is 0 Å². The number of aliphatic imine (C=N–C) groups is 1. The maximum Gasteiger partial charge on any atom is 0.131 e. The predicted molar refractivity (Wildman–Crippen MR) is 90.2 cm³/mol. The smallest absolute Gasteiger partial charge is 0.131 e. The van der Waals surface area contributed by atoms with Crippen molar-refractivity contribution < 1.29 is 0 Å². The summed E-state index contributed by atoms with van der Waals surface area (Å²) in [6.07, 6.45) is 9.80. The Balaban J connectivity index is 2.20. The average molecular weight is 338 g/mol. The van der Waals surface area contributed by atoms with Crippen LogP contribution in [0.1, 0.15) is 19.3 Å². The van der Waals surface area contributed by atoms with Gasteiger partial charge in [0.05, 0.1) is 5.45 Å². The van der Waals surface area contributed by atoms with Gasteiger partial charge < -0.3 is 9.80 Å². The van der Waals surface area contributed by atoms with E-state index in [-0.39, 0.29) is 0 Å². The van der Waals surface area contributed by atoms with E-state index < -0.39 is 0 Å². The molecule has 1 fully saturated rings. The molecule has 0 amide bonds. The van der Waals surface area contributed by atoms with Gasteiger partial charge in [-0.1, -0.05) is 34.7 Å². The standard InChI is InChI=1S/C16H24BrN3/c1-4-5-14-10-15(11-20(3)16(14)18-12-17)13-6-8-19(2)9-7-13/h4-5,11,13H,1,6-10,12H2,2-3H3/b14-5-,18-16?. The highest BCUT2D eigenvalue weighted by Crippen LogP contribution is 2.32. The number of halogens is 1. The van der Waals surface area contributed by atoms with Crippen LogP contribution in [0.3, 0.4) is 0 Å². The van der Waals surface area contributed by atoms with Gasteiger partial charge in [-0.05, 0) is 56.5 Å². The SMILES string of the molecule is C=C/C=C1/CC(C2CCN(C)CC2)=CN(C)C1=NCBr. The molecule has 0 bridgehead atoms. The highest BCUT2D eigenvalue weighted by molar-refractivity contribution is 9.09. The van der Waals surface area contributed by atoms with Crippen molar-refractivity contribution in [2.45, 2.75) is 19.3 Å². The molecule has 0 N–H and O–H groups in total. The van der Waals surface area contributed by atoms with Crippen molar-refractivity contribution in [2.24, 2.45) is 10.9 Å². The predicted octanol–water partition coefficient (Wildman–Crippen LogP) is 3.41. The van der Waals surface area contributed by atoms with Crippen LogP contribution in [0.5, 0.6) is 0 Å². The first-order valence-electron chi connectivity index (χ1n) is 7.20. The normalized spacial score (nSPS) is 26.1. The largest absolute Gasteiger partial charge is 0.336 e. The number of hydrogen-bond donors (Lipinski definition) is 0. The molecule has 1 saturated heterocycles. The first-order chi connectivity index (χ1) is 9.65. The summed E-state index contributed by atoms with van der Waals surface area (Å²) in [4.78, 5) is 9.13. The van der Waals surface area contributed by atoms with E-state index in [1.807, 2.05) is 6.08 Å². The van der Waals surface area contributed by atoms with Gasteiger partial charge in [-0.25, -0.2) is 0 Å². The molecule has 110 valence electrons. The zero-order valence-electron chi connectivity index (χ0n) is 12.5. The molecule has 2 aliphatic rings. The molecule has 0 spiro atoms. The molecule has 0 aromatic heterocycles. The van der Waals surface area contributed by atoms with Crippen molar-refractivity contribution in [3.8, 4) is 0 Å². The minimum atomic E-state index is 0.637. The summed E-state index contributed by atoms with van der Waals surface area (Å²) < 4.78 is 0. The molecule has 4 heteroatoms. The Morgan fingerprint density at radius 2 is 2.10 bits per heavy atom. The molecule has 0 radical (unpaired) electrons. The number of piperidine rings is 1. The molecule has 0 unspecified atom stereocenters. The van der Waals surface area contributed by atoms with Crippen LogP contribution in [0.4, 0.5) is 0 Å². The quantitative estimate of drug-likeness (QED) is 0.580. The van der Waals surface area contributed by atoms with Crippen LogP contribution >= 0.6 is 15.9 Å². The van der Waals surface area contributed by atoms with E-state index in [1.54, 1.807) is 5.57 Å². The average Bonchev–Trinajstić information content (AvgIpc) is 2.43. The summed E-state index contributed by atoms with van der Waals surface area (Å²) in [5.41, 5.74) is 3.46. The van der Waals surface area contributed by atoms with Crippen LogP contribution in [0.15, 0.2) is 41.1 Å². The number of likely N-dealkylation sites (tertiary alicyclic amines) is 1. The minimum Gasteiger partial charge on any atom is -0.336 e. The monoisotopic (exact) mass is 337 g/mol. The Morgan fingerprint density at radius 1 is 1.40 bits per heavy atom. The Labute approximate surface area is 130 Å². The second-order valence-corrected chi connectivity index (χ2v) is 6.10. The highest BCUT2D eigenvalue weighted by Gasteiger charge is 2.26. The number of amidine groups is 1. The van der Waals surface area contributed by atoms with E-state index in [0.717, 1.165) is 12.3 Å². The van der Waals surface area contributed by atoms with Crippen LogP contribution < -0.4 is 0 Å². The molecule has 0 aliphatic carbocycles. The van der Waals surface area contributed by atoms with Crippen LogP contribution in [-0.2, 0) is 0 Å². The van der Waals surface area contributed by atoms with Gasteiger partial charge in [-0.3, -0.25) is 4.99 Å². The van der Waals surface area contributed by atoms with E-state index in [1.165, 1.54) is 31.5 Å². The third kappa shape index (κ3) is 3.61. The van der Waals surface area contributed by atoms with Crippen molar-refractivity contribution in [1.29, 1.82) is 0 Å². The maximum absolute atomic E-state index is 4.55. The lowest BCUT2D eigenvalue weighted by Crippen LogP contribution is -2.34. The third-order valence-electron chi connectivity index (χ3n) is 4.15. The first kappa shape index (κ1) is 15.5. The van der Waals surface area contributed by atoms with E-state index in [0.29, 0.717) is 11.4 Å². The zero-order valence-corrected chi connectivity index (χ0v) is 14.1. The van der Waals surface area contributed by atoms with Gasteiger partial charge >= 0.3 is 0 Å². The summed E-state index contributed by atoms with van der Waals surface area (Å²) >= 11 is 3.40. The number of allylic oxidation sites excluding steroid dienone is 3. The topological polar surface area (TPSA) is 18.8 Å². The molecular weight excluding hydrogens is 314 g/mol. The third-order valence-corrected chi connectivity index (χ3v) is 4.40. The maximum atomic E-state index is 4.55. The summed E-state index contributed by atoms with van der Waals surface area (Å²) in [5, 5.41) is 0. The van der Waals surface area contributed by atoms with Crippen molar-refractivity contribution >= 4 is 21.8 Å². The summed E-state index contributed by atoms with van der Waals surface area (Å²) in [7, 11) is 4.30. The van der Waals surface area contributed by atoms with Crippen LogP contribution in [0.25, 0.3) is 0 Å². The zero-order chi connectivity index (χ0) is 14.5. The summed E-state index contributed by atoms with van der Waals surface area (Å²) in [6.45, 7) is 6.24. The summed E-state index contributed by atoms with van der Waals surface area (Å²) in [6, 6.07) is 0. The lowest BCUT2D eigenvalue weighted by atomic mass is 9.84. The molecule has 20 heavy (non-hydrogen) atoms. The van der Waals surface area contributed by atoms with Crippen molar-refractivity contribution in [3.05, 3.63) is 36.1 Å². The van der Waals surface area contributed by atoms with Gasteiger partial charge in [0.25, 0.3) is 0 Å². The number of likely N-dealkylation sites (N-methyl/N-ethyl adjacent to an activating group) is 1. The Bertz CT molecular complexity index is 443. The van der Waals surface area contributed by atoms with E-state index in [2.05, 4.69) is 63.7 Å². The van der Waals surface area contributed by atoms with Gasteiger partial charge in [0.15, 0.2) is 0 Å². The van der Waals surface area contributed by atoms with Crippen molar-refractivity contribution in [3.63, 3.8) is 0 Å². The fourth-order valence-electron chi connectivity index (χ4n) is 3.06. The Hall–Kier alpha value is -0.870. The molecule has 3 nitrogen and oxygen atoms in total. The van der Waals surface area contributed by atoms with Gasteiger partial charge in [0, 0.05) is 13.2 Å². The van der Waals surface area contributed by atoms with Crippen LogP contribution in [0, 0.1) is 5.92 Å². The number of alkyl halides is 1. The highest BCUT2D eigenvalue weighted by atomic mass is 79.9. The molecule has 0 saturated carbocycles. The van der Waals surface area contributed by atoms with Crippen LogP contribution in [-0.4, -0.2) is 48.3 Å². The molecule has 0 aromatic rings. The number of hydrogen-bond acceptors (Lipinski definition) is 2. The second-order valence-electron chi connectivity index (χ2n) is 5.60. The molecular formula is C16H24BrN3. The molecule has 2 aliphatic heterocycles. The molecule has 2 rings (SSSR count). The molecule has 0 atom stereocenters. The Kier molecular flexibility index (Phi) is 5.61. The molecule has 0 aromatic carbocycles. The fraction of sp³-hybridized carbons (Fsp3) is 0.562. The van der Waals surface area contributed by atoms with E-state index in [4.69, 9.17) is 0 Å². The first-order valence-corrected chi connectivity index (χ1v) is 8.32. The van der Waals surface area contributed by atoms with Gasteiger partial charge in [0.1, 0.15) is 5.84 Å². The fourth-order valence-corrected chi connectivity index (χ4v) is 3.29. The van der Waals surface area contributed by atoms with E-state index >= 15 is 0 Å². The number of rotatable bonds is 3. The lowest BCUT2D eigenvalue weighted by molar-refractivity contribution is 0.235. The number of nitrogens with zero attached hydrogens (tertiary/aromatic N) is 3. The lowest BCUT2D eigenvalue weighted by Gasteiger charge is -2.35. The second kappa shape index (κ2) is 7.23. The minimum absolute atomic E-state index is 0.637.